The van der Waals surface area contributed by atoms with Gasteiger partial charge in [-0.3, -0.25) is 9.36 Å². The largest absolute Gasteiger partial charge is 0.305 e. The molecule has 0 fully saturated rings. The van der Waals surface area contributed by atoms with E-state index in [-0.39, 0.29) is 19.1 Å². The summed E-state index contributed by atoms with van der Waals surface area (Å²) in [4.78, 5) is 0. The Kier molecular flexibility index (Phi) is 6.67. The molecule has 0 radical (unpaired) electrons. The molecule has 0 aliphatic heterocycles. The van der Waals surface area contributed by atoms with E-state index in [1.165, 1.54) is 0 Å². The normalized spacial score (nSPS) is 10.8. The number of aryl methyl sites for hydroxylation is 1. The van der Waals surface area contributed by atoms with Gasteiger partial charge in [0.15, 0.2) is 0 Å². The molecule has 0 aliphatic carbocycles. The molecule has 0 unspecified atom stereocenters. The summed E-state index contributed by atoms with van der Waals surface area (Å²) >= 11 is 0. The lowest BCUT2D eigenvalue weighted by Crippen LogP contribution is -2.18. The molecule has 0 amide bonds. The van der Waals surface area contributed by atoms with Crippen LogP contribution in [0.3, 0.4) is 0 Å². The highest BCUT2D eigenvalue weighted by molar-refractivity contribution is 5.85. The molecule has 0 spiro atoms. The molecule has 7 heteroatoms. The number of hydrogen-bond donors (Lipinski definition) is 1. The second-order valence-electron chi connectivity index (χ2n) is 4.72. The summed E-state index contributed by atoms with van der Waals surface area (Å²) in [5.74, 6) is 0. The predicted molar refractivity (Wildman–Crippen MR) is 78.6 cm³/mol. The minimum atomic E-state index is -0.387. The molecular formula is C13H21ClFN5. The highest BCUT2D eigenvalue weighted by Crippen LogP contribution is 2.07. The number of nitrogens with zero attached hydrogens (tertiary/aromatic N) is 4. The van der Waals surface area contributed by atoms with Crippen molar-refractivity contribution in [2.45, 2.75) is 39.5 Å². The maximum atomic E-state index is 12.2. The summed E-state index contributed by atoms with van der Waals surface area (Å²) in [6, 6.07) is 4.27. The van der Waals surface area contributed by atoms with E-state index >= 15 is 0 Å². The van der Waals surface area contributed by atoms with Crippen LogP contribution in [0.5, 0.6) is 0 Å². The number of rotatable bonds is 7. The van der Waals surface area contributed by atoms with Crippen LogP contribution >= 0.6 is 12.4 Å². The SMILES string of the molecule is CC(C)n1nccc1CNCc1ccn(CCF)n1.Cl. The third-order valence-electron chi connectivity index (χ3n) is 2.86. The lowest BCUT2D eigenvalue weighted by atomic mass is 10.3. The van der Waals surface area contributed by atoms with Gasteiger partial charge >= 0.3 is 0 Å². The predicted octanol–water partition coefficient (Wildman–Crippen LogP) is 2.34. The van der Waals surface area contributed by atoms with Crippen LogP contribution in [0.1, 0.15) is 31.3 Å². The summed E-state index contributed by atoms with van der Waals surface area (Å²) in [5, 5.41) is 11.9. The first-order chi connectivity index (χ1) is 9.20. The monoisotopic (exact) mass is 301 g/mol. The Morgan fingerprint density at radius 2 is 2.10 bits per heavy atom. The molecule has 112 valence electrons. The second-order valence-corrected chi connectivity index (χ2v) is 4.72. The Bertz CT molecular complexity index is 508. The maximum absolute atomic E-state index is 12.2. The van der Waals surface area contributed by atoms with E-state index < -0.39 is 0 Å². The number of alkyl halides is 1. The Morgan fingerprint density at radius 3 is 2.80 bits per heavy atom. The van der Waals surface area contributed by atoms with Gasteiger partial charge in [-0.25, -0.2) is 4.39 Å². The van der Waals surface area contributed by atoms with Gasteiger partial charge in [0.25, 0.3) is 0 Å². The van der Waals surface area contributed by atoms with Gasteiger partial charge in [0.2, 0.25) is 0 Å². The third kappa shape index (κ3) is 4.31. The molecule has 0 bridgehead atoms. The van der Waals surface area contributed by atoms with E-state index in [4.69, 9.17) is 0 Å². The Balaban J connectivity index is 0.00000200. The zero-order chi connectivity index (χ0) is 13.7. The van der Waals surface area contributed by atoms with Crippen molar-refractivity contribution >= 4 is 12.4 Å². The average molecular weight is 302 g/mol. The Labute approximate surface area is 124 Å². The maximum Gasteiger partial charge on any atom is 0.109 e. The van der Waals surface area contributed by atoms with Gasteiger partial charge in [-0.05, 0) is 26.0 Å². The summed E-state index contributed by atoms with van der Waals surface area (Å²) < 4.78 is 15.8. The van der Waals surface area contributed by atoms with Crippen molar-refractivity contribution in [1.82, 2.24) is 24.9 Å². The van der Waals surface area contributed by atoms with Crippen LogP contribution in [-0.4, -0.2) is 26.2 Å². The molecule has 2 rings (SSSR count). The fraction of sp³-hybridized carbons (Fsp3) is 0.538. The molecule has 0 saturated carbocycles. The van der Waals surface area contributed by atoms with E-state index in [0.29, 0.717) is 19.1 Å². The summed E-state index contributed by atoms with van der Waals surface area (Å²) in [5.41, 5.74) is 2.07. The minimum absolute atomic E-state index is 0. The van der Waals surface area contributed by atoms with Gasteiger partial charge in [0, 0.05) is 31.5 Å². The first-order valence-electron chi connectivity index (χ1n) is 6.52. The van der Waals surface area contributed by atoms with Gasteiger partial charge in [-0.1, -0.05) is 0 Å². The molecule has 1 N–H and O–H groups in total. The fourth-order valence-electron chi connectivity index (χ4n) is 1.97. The van der Waals surface area contributed by atoms with Crippen LogP contribution in [-0.2, 0) is 19.6 Å². The topological polar surface area (TPSA) is 47.7 Å². The van der Waals surface area contributed by atoms with E-state index in [1.807, 2.05) is 23.0 Å². The zero-order valence-electron chi connectivity index (χ0n) is 11.8. The standard InChI is InChI=1S/C13H20FN5.ClH/c1-11(2)19-13(3-6-16-19)10-15-9-12-4-7-18(17-12)8-5-14;/h3-4,6-7,11,15H,5,8-10H2,1-2H3;1H. The number of aromatic nitrogens is 4. The second kappa shape index (κ2) is 8.01. The lowest BCUT2D eigenvalue weighted by Gasteiger charge is -2.11. The molecule has 0 atom stereocenters. The molecule has 0 saturated heterocycles. The van der Waals surface area contributed by atoms with Crippen LogP contribution in [0, 0.1) is 0 Å². The smallest absolute Gasteiger partial charge is 0.109 e. The Hall–Kier alpha value is -1.40. The van der Waals surface area contributed by atoms with Crippen molar-refractivity contribution < 1.29 is 4.39 Å². The van der Waals surface area contributed by atoms with Crippen molar-refractivity contribution in [3.8, 4) is 0 Å². The summed E-state index contributed by atoms with van der Waals surface area (Å²) in [7, 11) is 0. The van der Waals surface area contributed by atoms with Crippen LogP contribution in [0.2, 0.25) is 0 Å². The lowest BCUT2D eigenvalue weighted by molar-refractivity contribution is 0.425. The molecule has 2 heterocycles. The van der Waals surface area contributed by atoms with E-state index in [0.717, 1.165) is 17.9 Å². The third-order valence-corrected chi connectivity index (χ3v) is 2.86. The molecular weight excluding hydrogens is 281 g/mol. The van der Waals surface area contributed by atoms with Crippen LogP contribution in [0.4, 0.5) is 4.39 Å². The fourth-order valence-corrected chi connectivity index (χ4v) is 1.97. The van der Waals surface area contributed by atoms with Gasteiger partial charge in [0.1, 0.15) is 6.67 Å². The van der Waals surface area contributed by atoms with Crippen molar-refractivity contribution in [3.63, 3.8) is 0 Å². The van der Waals surface area contributed by atoms with E-state index in [9.17, 15) is 4.39 Å². The average Bonchev–Trinajstić information content (AvgIpc) is 2.99. The molecule has 20 heavy (non-hydrogen) atoms. The van der Waals surface area contributed by atoms with Gasteiger partial charge < -0.3 is 5.32 Å². The van der Waals surface area contributed by atoms with Crippen molar-refractivity contribution in [2.75, 3.05) is 6.67 Å². The first-order valence-corrected chi connectivity index (χ1v) is 6.52. The van der Waals surface area contributed by atoms with Gasteiger partial charge in [-0.15, -0.1) is 12.4 Å². The first kappa shape index (κ1) is 16.7. The quantitative estimate of drug-likeness (QED) is 0.854. The highest BCUT2D eigenvalue weighted by Gasteiger charge is 2.05. The number of nitrogens with one attached hydrogen (secondary N) is 1. The van der Waals surface area contributed by atoms with Crippen LogP contribution < -0.4 is 5.32 Å². The molecule has 0 aromatic carbocycles. The van der Waals surface area contributed by atoms with Crippen molar-refractivity contribution in [3.05, 3.63) is 35.9 Å². The Morgan fingerprint density at radius 1 is 1.30 bits per heavy atom. The summed E-state index contributed by atoms with van der Waals surface area (Å²) in [6.45, 7) is 5.56. The molecule has 2 aromatic rings. The molecule has 5 nitrogen and oxygen atoms in total. The molecule has 0 aliphatic rings. The van der Waals surface area contributed by atoms with Crippen molar-refractivity contribution in [2.24, 2.45) is 0 Å². The van der Waals surface area contributed by atoms with Crippen LogP contribution in [0.15, 0.2) is 24.5 Å². The number of hydrogen-bond acceptors (Lipinski definition) is 3. The van der Waals surface area contributed by atoms with E-state index in [1.54, 1.807) is 10.9 Å². The van der Waals surface area contributed by atoms with Crippen LogP contribution in [0.25, 0.3) is 0 Å². The van der Waals surface area contributed by atoms with Crippen molar-refractivity contribution in [1.29, 1.82) is 0 Å². The molecule has 2 aromatic heterocycles. The minimum Gasteiger partial charge on any atom is -0.305 e. The number of halogens is 2. The van der Waals surface area contributed by atoms with E-state index in [2.05, 4.69) is 29.4 Å². The highest BCUT2D eigenvalue weighted by atomic mass is 35.5. The van der Waals surface area contributed by atoms with Gasteiger partial charge in [-0.2, -0.15) is 10.2 Å². The summed E-state index contributed by atoms with van der Waals surface area (Å²) in [6.07, 6.45) is 3.61. The zero-order valence-corrected chi connectivity index (χ0v) is 12.6. The van der Waals surface area contributed by atoms with Gasteiger partial charge in [0.05, 0.1) is 17.9 Å².